The van der Waals surface area contributed by atoms with Crippen LogP contribution in [-0.2, 0) is 10.0 Å². The van der Waals surface area contributed by atoms with Gasteiger partial charge in [-0.1, -0.05) is 0 Å². The molecule has 2 saturated heterocycles. The summed E-state index contributed by atoms with van der Waals surface area (Å²) in [6.07, 6.45) is 0. The molecule has 0 unspecified atom stereocenters. The van der Waals surface area contributed by atoms with Gasteiger partial charge < -0.3 is 24.2 Å². The molecule has 1 aromatic heterocycles. The topological polar surface area (TPSA) is 91.3 Å². The van der Waals surface area contributed by atoms with E-state index in [0.717, 1.165) is 43.6 Å². The van der Waals surface area contributed by atoms with E-state index in [0.29, 0.717) is 50.9 Å². The zero-order chi connectivity index (χ0) is 25.0. The largest absolute Gasteiger partial charge is 0.494 e. The zero-order valence-electron chi connectivity index (χ0n) is 21.1. The molecule has 0 saturated carbocycles. The number of likely N-dealkylation sites (N-methyl/N-ethyl adjacent to an activating group) is 1. The lowest BCUT2D eigenvalue weighted by atomic mass is 10.3. The predicted molar refractivity (Wildman–Crippen MR) is 136 cm³/mol. The van der Waals surface area contributed by atoms with Gasteiger partial charge in [0.2, 0.25) is 10.0 Å². The Hall–Kier alpha value is -2.63. The summed E-state index contributed by atoms with van der Waals surface area (Å²) in [5.41, 5.74) is 0. The number of benzene rings is 1. The Kier molecular flexibility index (Phi) is 7.98. The van der Waals surface area contributed by atoms with Crippen LogP contribution in [0, 0.1) is 6.92 Å². The second kappa shape index (κ2) is 11.0. The monoisotopic (exact) mass is 504 g/mol. The van der Waals surface area contributed by atoms with E-state index in [2.05, 4.69) is 31.7 Å². The highest BCUT2D eigenvalue weighted by Crippen LogP contribution is 2.32. The molecule has 11 heteroatoms. The number of aryl methyl sites for hydroxylation is 1. The van der Waals surface area contributed by atoms with Crippen LogP contribution in [0.1, 0.15) is 19.7 Å². The van der Waals surface area contributed by atoms with Crippen LogP contribution >= 0.6 is 0 Å². The number of nitrogens with zero attached hydrogens (tertiary/aromatic N) is 6. The predicted octanol–water partition coefficient (Wildman–Crippen LogP) is 1.85. The summed E-state index contributed by atoms with van der Waals surface area (Å²) >= 11 is 0. The summed E-state index contributed by atoms with van der Waals surface area (Å²) in [6, 6.07) is 6.94. The van der Waals surface area contributed by atoms with Gasteiger partial charge in [0.05, 0.1) is 13.2 Å². The molecule has 2 aliphatic heterocycles. The van der Waals surface area contributed by atoms with E-state index >= 15 is 0 Å². The minimum absolute atomic E-state index is 0.173. The van der Waals surface area contributed by atoms with Crippen LogP contribution in [0.4, 0.5) is 11.6 Å². The van der Waals surface area contributed by atoms with Crippen molar-refractivity contribution >= 4 is 21.7 Å². The Bertz CT molecular complexity index is 1110. The fourth-order valence-corrected chi connectivity index (χ4v) is 5.95. The maximum atomic E-state index is 13.5. The molecule has 0 bridgehead atoms. The SMILES string of the molecule is CCOc1ccc(S(=O)(=O)N2CCN(c3cc(N4CCN(C)CC4)nc(C)n3)CC2)c(OCC)c1. The Morgan fingerprint density at radius 1 is 0.829 bits per heavy atom. The molecule has 3 heterocycles. The van der Waals surface area contributed by atoms with Gasteiger partial charge >= 0.3 is 0 Å². The van der Waals surface area contributed by atoms with Crippen LogP contribution in [0.3, 0.4) is 0 Å². The average molecular weight is 505 g/mol. The number of anilines is 2. The fraction of sp³-hybridized carbons (Fsp3) is 0.583. The molecule has 0 radical (unpaired) electrons. The normalized spacial score (nSPS) is 18.1. The standard InChI is InChI=1S/C24H36N6O4S/c1-5-33-20-7-8-22(21(17-20)34-6-2)35(31,32)30-15-13-29(14-16-30)24-18-23(25-19(3)26-24)28-11-9-27(4)10-12-28/h7-8,17-18H,5-6,9-16H2,1-4H3. The van der Waals surface area contributed by atoms with Crippen molar-refractivity contribution in [1.29, 1.82) is 0 Å². The van der Waals surface area contributed by atoms with Crippen molar-refractivity contribution in [2.45, 2.75) is 25.7 Å². The highest BCUT2D eigenvalue weighted by Gasteiger charge is 2.32. The van der Waals surface area contributed by atoms with E-state index in [1.165, 1.54) is 4.31 Å². The van der Waals surface area contributed by atoms with Crippen molar-refractivity contribution in [3.05, 3.63) is 30.1 Å². The van der Waals surface area contributed by atoms with Gasteiger partial charge in [0, 0.05) is 64.5 Å². The number of rotatable bonds is 8. The molecule has 0 atom stereocenters. The van der Waals surface area contributed by atoms with E-state index < -0.39 is 10.0 Å². The first-order valence-electron chi connectivity index (χ1n) is 12.3. The first kappa shape index (κ1) is 25.5. The number of hydrogen-bond donors (Lipinski definition) is 0. The van der Waals surface area contributed by atoms with Gasteiger partial charge in [-0.15, -0.1) is 0 Å². The number of ether oxygens (including phenoxy) is 2. The Morgan fingerprint density at radius 2 is 1.40 bits per heavy atom. The highest BCUT2D eigenvalue weighted by molar-refractivity contribution is 7.89. The quantitative estimate of drug-likeness (QED) is 0.534. The van der Waals surface area contributed by atoms with E-state index in [-0.39, 0.29) is 4.90 Å². The lowest BCUT2D eigenvalue weighted by Crippen LogP contribution is -2.49. The molecule has 10 nitrogen and oxygen atoms in total. The van der Waals surface area contributed by atoms with Crippen LogP contribution in [-0.4, -0.2) is 100 Å². The van der Waals surface area contributed by atoms with Crippen molar-refractivity contribution in [3.8, 4) is 11.5 Å². The maximum absolute atomic E-state index is 13.5. The summed E-state index contributed by atoms with van der Waals surface area (Å²) in [6.45, 7) is 12.2. The average Bonchev–Trinajstić information content (AvgIpc) is 2.85. The summed E-state index contributed by atoms with van der Waals surface area (Å²) in [5, 5.41) is 0. The number of aromatic nitrogens is 2. The third-order valence-electron chi connectivity index (χ3n) is 6.34. The molecule has 0 spiro atoms. The molecular formula is C24H36N6O4S. The van der Waals surface area contributed by atoms with Crippen molar-refractivity contribution in [2.75, 3.05) is 82.4 Å². The maximum Gasteiger partial charge on any atom is 0.246 e. The first-order valence-corrected chi connectivity index (χ1v) is 13.7. The van der Waals surface area contributed by atoms with Crippen LogP contribution in [0.25, 0.3) is 0 Å². The molecule has 2 fully saturated rings. The number of sulfonamides is 1. The lowest BCUT2D eigenvalue weighted by Gasteiger charge is -2.36. The summed E-state index contributed by atoms with van der Waals surface area (Å²) in [7, 11) is -1.58. The third kappa shape index (κ3) is 5.79. The van der Waals surface area contributed by atoms with Crippen molar-refractivity contribution in [3.63, 3.8) is 0 Å². The summed E-state index contributed by atoms with van der Waals surface area (Å²) in [5.74, 6) is 3.42. The lowest BCUT2D eigenvalue weighted by molar-refractivity contribution is 0.312. The minimum atomic E-state index is -3.71. The van der Waals surface area contributed by atoms with Gasteiger partial charge in [0.1, 0.15) is 33.9 Å². The smallest absolute Gasteiger partial charge is 0.246 e. The van der Waals surface area contributed by atoms with Gasteiger partial charge in [0.15, 0.2) is 0 Å². The zero-order valence-corrected chi connectivity index (χ0v) is 21.9. The minimum Gasteiger partial charge on any atom is -0.494 e. The van der Waals surface area contributed by atoms with Crippen LogP contribution in [0.2, 0.25) is 0 Å². The molecule has 1 aromatic carbocycles. The summed E-state index contributed by atoms with van der Waals surface area (Å²) < 4.78 is 39.7. The molecule has 0 aliphatic carbocycles. The van der Waals surface area contributed by atoms with Crippen molar-refractivity contribution in [2.24, 2.45) is 0 Å². The molecule has 4 rings (SSSR count). The fourth-order valence-electron chi connectivity index (χ4n) is 4.42. The van der Waals surface area contributed by atoms with Gasteiger partial charge in [-0.05, 0) is 40.0 Å². The van der Waals surface area contributed by atoms with Gasteiger partial charge in [-0.25, -0.2) is 18.4 Å². The molecule has 2 aromatic rings. The van der Waals surface area contributed by atoms with E-state index in [9.17, 15) is 8.42 Å². The molecule has 0 amide bonds. The summed E-state index contributed by atoms with van der Waals surface area (Å²) in [4.78, 5) is 16.2. The Labute approximate surface area is 208 Å². The van der Waals surface area contributed by atoms with Gasteiger partial charge in [-0.2, -0.15) is 4.31 Å². The van der Waals surface area contributed by atoms with Crippen LogP contribution < -0.4 is 19.3 Å². The van der Waals surface area contributed by atoms with Crippen molar-refractivity contribution < 1.29 is 17.9 Å². The Balaban J connectivity index is 1.48. The first-order chi connectivity index (χ1) is 16.8. The van der Waals surface area contributed by atoms with E-state index in [4.69, 9.17) is 9.47 Å². The van der Waals surface area contributed by atoms with Crippen molar-refractivity contribution in [1.82, 2.24) is 19.2 Å². The second-order valence-corrected chi connectivity index (χ2v) is 10.7. The Morgan fingerprint density at radius 3 is 1.97 bits per heavy atom. The highest BCUT2D eigenvalue weighted by atomic mass is 32.2. The molecule has 35 heavy (non-hydrogen) atoms. The molecule has 192 valence electrons. The number of hydrogen-bond acceptors (Lipinski definition) is 9. The van der Waals surface area contributed by atoms with E-state index in [1.54, 1.807) is 18.2 Å². The third-order valence-corrected chi connectivity index (χ3v) is 8.28. The van der Waals surface area contributed by atoms with Gasteiger partial charge in [-0.3, -0.25) is 0 Å². The number of piperazine rings is 2. The molecule has 2 aliphatic rings. The van der Waals surface area contributed by atoms with Crippen LogP contribution in [0.5, 0.6) is 11.5 Å². The molecular weight excluding hydrogens is 468 g/mol. The van der Waals surface area contributed by atoms with Gasteiger partial charge in [0.25, 0.3) is 0 Å². The molecule has 0 N–H and O–H groups in total. The second-order valence-electron chi connectivity index (χ2n) is 8.79. The van der Waals surface area contributed by atoms with Crippen LogP contribution in [0.15, 0.2) is 29.2 Å². The van der Waals surface area contributed by atoms with E-state index in [1.807, 2.05) is 26.8 Å².